The predicted octanol–water partition coefficient (Wildman–Crippen LogP) is 1.53. The standard InChI is InChI=1S/C15H20O4/c1-7-10-6-15(2,3)5-8(10)4-9-11(12(7)16)14(18)19-13(9)17/h4,7,10,12-13,16-17H,5-6H2,1-3H3/t7-,10-,12+,13?/m1/s1. The molecular formula is C15H20O4. The van der Waals surface area contributed by atoms with Gasteiger partial charge in [-0.2, -0.15) is 0 Å². The molecule has 104 valence electrons. The van der Waals surface area contributed by atoms with Crippen LogP contribution in [0.1, 0.15) is 33.6 Å². The maximum atomic E-state index is 11.7. The van der Waals surface area contributed by atoms with E-state index in [0.717, 1.165) is 12.8 Å². The van der Waals surface area contributed by atoms with Gasteiger partial charge in [-0.3, -0.25) is 0 Å². The molecule has 1 fully saturated rings. The normalized spacial score (nSPS) is 40.5. The quantitative estimate of drug-likeness (QED) is 0.651. The zero-order valence-corrected chi connectivity index (χ0v) is 11.5. The van der Waals surface area contributed by atoms with Gasteiger partial charge < -0.3 is 14.9 Å². The molecule has 1 saturated carbocycles. The highest BCUT2D eigenvalue weighted by molar-refractivity contribution is 5.94. The first kappa shape index (κ1) is 12.9. The second-order valence-corrected chi connectivity index (χ2v) is 6.80. The summed E-state index contributed by atoms with van der Waals surface area (Å²) >= 11 is 0. The summed E-state index contributed by atoms with van der Waals surface area (Å²) in [6.45, 7) is 6.39. The summed E-state index contributed by atoms with van der Waals surface area (Å²) in [5.74, 6) is -0.341. The van der Waals surface area contributed by atoms with Gasteiger partial charge >= 0.3 is 5.97 Å². The van der Waals surface area contributed by atoms with Crippen LogP contribution in [0.15, 0.2) is 22.8 Å². The van der Waals surface area contributed by atoms with E-state index in [2.05, 4.69) is 13.8 Å². The average Bonchev–Trinajstić information content (AvgIpc) is 2.72. The lowest BCUT2D eigenvalue weighted by Crippen LogP contribution is -2.29. The Hall–Kier alpha value is -1.13. The Morgan fingerprint density at radius 3 is 2.74 bits per heavy atom. The second-order valence-electron chi connectivity index (χ2n) is 6.80. The van der Waals surface area contributed by atoms with Crippen molar-refractivity contribution >= 4 is 5.97 Å². The molecule has 4 nitrogen and oxygen atoms in total. The highest BCUT2D eigenvalue weighted by atomic mass is 16.6. The van der Waals surface area contributed by atoms with Crippen molar-refractivity contribution in [1.29, 1.82) is 0 Å². The van der Waals surface area contributed by atoms with Crippen molar-refractivity contribution in [2.75, 3.05) is 0 Å². The van der Waals surface area contributed by atoms with Gasteiger partial charge in [0.25, 0.3) is 0 Å². The van der Waals surface area contributed by atoms with Gasteiger partial charge in [-0.05, 0) is 30.1 Å². The summed E-state index contributed by atoms with van der Waals surface area (Å²) in [6.07, 6.45) is 1.75. The first-order valence-corrected chi connectivity index (χ1v) is 6.82. The Balaban J connectivity index is 2.10. The van der Waals surface area contributed by atoms with Gasteiger partial charge in [-0.25, -0.2) is 4.79 Å². The van der Waals surface area contributed by atoms with Crippen LogP contribution in [-0.4, -0.2) is 28.6 Å². The summed E-state index contributed by atoms with van der Waals surface area (Å²) in [4.78, 5) is 11.7. The fourth-order valence-electron chi connectivity index (χ4n) is 3.77. The molecule has 0 aromatic rings. The van der Waals surface area contributed by atoms with Crippen LogP contribution in [0.25, 0.3) is 0 Å². The molecule has 0 aromatic heterocycles. The van der Waals surface area contributed by atoms with Crippen LogP contribution in [0.3, 0.4) is 0 Å². The van der Waals surface area contributed by atoms with E-state index in [1.165, 1.54) is 5.57 Å². The number of rotatable bonds is 0. The third-order valence-electron chi connectivity index (χ3n) is 4.72. The lowest BCUT2D eigenvalue weighted by atomic mass is 9.82. The maximum absolute atomic E-state index is 11.7. The molecule has 0 aromatic carbocycles. The Morgan fingerprint density at radius 1 is 1.37 bits per heavy atom. The van der Waals surface area contributed by atoms with E-state index in [1.807, 2.05) is 13.0 Å². The minimum atomic E-state index is -1.22. The van der Waals surface area contributed by atoms with E-state index in [4.69, 9.17) is 4.74 Å². The van der Waals surface area contributed by atoms with E-state index < -0.39 is 18.4 Å². The molecule has 1 unspecified atom stereocenters. The Kier molecular flexibility index (Phi) is 2.67. The number of carbonyl (C=O) groups is 1. The fraction of sp³-hybridized carbons (Fsp3) is 0.667. The van der Waals surface area contributed by atoms with Gasteiger partial charge in [0, 0.05) is 5.57 Å². The van der Waals surface area contributed by atoms with Gasteiger partial charge in [0.15, 0.2) is 0 Å². The molecule has 0 amide bonds. The van der Waals surface area contributed by atoms with Gasteiger partial charge in [0.1, 0.15) is 0 Å². The first-order valence-electron chi connectivity index (χ1n) is 6.82. The average molecular weight is 264 g/mol. The summed E-state index contributed by atoms with van der Waals surface area (Å²) < 4.78 is 4.82. The minimum Gasteiger partial charge on any atom is -0.428 e. The van der Waals surface area contributed by atoms with Crippen molar-refractivity contribution in [3.8, 4) is 0 Å². The zero-order chi connectivity index (χ0) is 13.9. The summed E-state index contributed by atoms with van der Waals surface area (Å²) in [6, 6.07) is 0. The van der Waals surface area contributed by atoms with Crippen LogP contribution in [0.5, 0.6) is 0 Å². The number of hydrogen-bond acceptors (Lipinski definition) is 4. The number of esters is 1. The summed E-state index contributed by atoms with van der Waals surface area (Å²) in [5.41, 5.74) is 2.13. The first-order chi connectivity index (χ1) is 8.80. The molecule has 3 aliphatic rings. The third-order valence-corrected chi connectivity index (χ3v) is 4.72. The van der Waals surface area contributed by atoms with E-state index in [-0.39, 0.29) is 22.8 Å². The van der Waals surface area contributed by atoms with Crippen molar-refractivity contribution in [3.05, 3.63) is 22.8 Å². The molecule has 0 saturated heterocycles. The number of ether oxygens (including phenoxy) is 1. The van der Waals surface area contributed by atoms with Crippen molar-refractivity contribution in [2.24, 2.45) is 17.3 Å². The van der Waals surface area contributed by atoms with Gasteiger partial charge in [-0.15, -0.1) is 0 Å². The topological polar surface area (TPSA) is 66.8 Å². The van der Waals surface area contributed by atoms with E-state index >= 15 is 0 Å². The van der Waals surface area contributed by atoms with Crippen LogP contribution in [0, 0.1) is 17.3 Å². The second kappa shape index (κ2) is 3.93. The third kappa shape index (κ3) is 1.85. The number of allylic oxidation sites excluding steroid dienone is 1. The van der Waals surface area contributed by atoms with Crippen molar-refractivity contribution < 1.29 is 19.7 Å². The van der Waals surface area contributed by atoms with Crippen LogP contribution >= 0.6 is 0 Å². The molecule has 2 aliphatic carbocycles. The molecule has 2 N–H and O–H groups in total. The Bertz CT molecular complexity index is 500. The lowest BCUT2D eigenvalue weighted by molar-refractivity contribution is -0.152. The Morgan fingerprint density at radius 2 is 2.05 bits per heavy atom. The number of aliphatic hydroxyl groups excluding tert-OH is 2. The van der Waals surface area contributed by atoms with Crippen LogP contribution in [0.4, 0.5) is 0 Å². The minimum absolute atomic E-state index is 0.0293. The summed E-state index contributed by atoms with van der Waals surface area (Å²) in [5, 5.41) is 20.2. The molecule has 19 heavy (non-hydrogen) atoms. The van der Waals surface area contributed by atoms with Crippen LogP contribution in [0.2, 0.25) is 0 Å². The van der Waals surface area contributed by atoms with Crippen LogP contribution < -0.4 is 0 Å². The number of fused-ring (bicyclic) bond motifs is 1. The van der Waals surface area contributed by atoms with E-state index in [0.29, 0.717) is 5.57 Å². The molecular weight excluding hydrogens is 244 g/mol. The molecule has 4 heteroatoms. The number of aliphatic hydroxyl groups is 2. The molecule has 4 atom stereocenters. The molecule has 1 aliphatic heterocycles. The van der Waals surface area contributed by atoms with Gasteiger partial charge in [0.2, 0.25) is 6.29 Å². The van der Waals surface area contributed by atoms with Crippen molar-refractivity contribution in [3.63, 3.8) is 0 Å². The zero-order valence-electron chi connectivity index (χ0n) is 11.5. The van der Waals surface area contributed by atoms with E-state index in [1.54, 1.807) is 0 Å². The summed E-state index contributed by atoms with van der Waals surface area (Å²) in [7, 11) is 0. The monoisotopic (exact) mass is 264 g/mol. The largest absolute Gasteiger partial charge is 0.428 e. The maximum Gasteiger partial charge on any atom is 0.339 e. The highest BCUT2D eigenvalue weighted by Crippen LogP contribution is 2.51. The van der Waals surface area contributed by atoms with Crippen molar-refractivity contribution in [2.45, 2.75) is 46.0 Å². The molecule has 0 radical (unpaired) electrons. The number of cyclic esters (lactones) is 1. The highest BCUT2D eigenvalue weighted by Gasteiger charge is 2.47. The van der Waals surface area contributed by atoms with E-state index in [9.17, 15) is 15.0 Å². The Labute approximate surface area is 112 Å². The SMILES string of the molecule is C[C@H]1[C@H](O)C2=C(C=C3CC(C)(C)C[C@@H]31)C(O)OC2=O. The fourth-order valence-corrected chi connectivity index (χ4v) is 3.77. The number of carbonyl (C=O) groups excluding carboxylic acids is 1. The number of hydrogen-bond donors (Lipinski definition) is 2. The van der Waals surface area contributed by atoms with Gasteiger partial charge in [-0.1, -0.05) is 32.4 Å². The lowest BCUT2D eigenvalue weighted by Gasteiger charge is -2.25. The predicted molar refractivity (Wildman–Crippen MR) is 68.9 cm³/mol. The molecule has 0 bridgehead atoms. The van der Waals surface area contributed by atoms with Gasteiger partial charge in [0.05, 0.1) is 11.7 Å². The van der Waals surface area contributed by atoms with Crippen molar-refractivity contribution in [1.82, 2.24) is 0 Å². The molecule has 1 heterocycles. The molecule has 3 rings (SSSR count). The molecule has 0 spiro atoms. The van der Waals surface area contributed by atoms with Crippen LogP contribution in [-0.2, 0) is 9.53 Å². The smallest absolute Gasteiger partial charge is 0.339 e.